The standard InChI is InChI=1S/C8H9F2N3O4/c9-8(10,3-14)2-12-5(15)4-1-11-7(17)13-6(4)16/h1,14H,2-3H2,(H,12,15)(H2,11,13,16,17). The predicted molar refractivity (Wildman–Crippen MR) is 52.0 cm³/mol. The van der Waals surface area contributed by atoms with Crippen molar-refractivity contribution in [1.82, 2.24) is 15.3 Å². The number of hydrogen-bond acceptors (Lipinski definition) is 4. The second-order valence-corrected chi connectivity index (χ2v) is 3.18. The van der Waals surface area contributed by atoms with E-state index in [1.807, 2.05) is 4.98 Å². The maximum atomic E-state index is 12.6. The Bertz CT molecular complexity index is 522. The van der Waals surface area contributed by atoms with E-state index in [0.29, 0.717) is 0 Å². The highest BCUT2D eigenvalue weighted by molar-refractivity contribution is 5.93. The van der Waals surface area contributed by atoms with E-state index in [0.717, 1.165) is 6.20 Å². The number of amides is 1. The third kappa shape index (κ3) is 3.48. The smallest absolute Gasteiger partial charge is 0.325 e. The molecule has 1 rings (SSSR count). The highest BCUT2D eigenvalue weighted by Crippen LogP contribution is 2.09. The molecule has 0 aliphatic heterocycles. The van der Waals surface area contributed by atoms with Gasteiger partial charge in [-0.2, -0.15) is 0 Å². The van der Waals surface area contributed by atoms with E-state index < -0.39 is 41.8 Å². The number of hydrogen-bond donors (Lipinski definition) is 4. The maximum absolute atomic E-state index is 12.6. The minimum atomic E-state index is -3.47. The molecule has 1 aromatic heterocycles. The first-order valence-corrected chi connectivity index (χ1v) is 4.44. The summed E-state index contributed by atoms with van der Waals surface area (Å²) in [4.78, 5) is 36.8. The van der Waals surface area contributed by atoms with Gasteiger partial charge in [0, 0.05) is 6.20 Å². The molecule has 0 atom stereocenters. The molecular weight excluding hydrogens is 240 g/mol. The second kappa shape index (κ2) is 4.87. The van der Waals surface area contributed by atoms with Gasteiger partial charge in [0.15, 0.2) is 0 Å². The van der Waals surface area contributed by atoms with E-state index in [1.165, 1.54) is 0 Å². The molecule has 0 aromatic carbocycles. The van der Waals surface area contributed by atoms with Crippen molar-refractivity contribution >= 4 is 5.91 Å². The van der Waals surface area contributed by atoms with Crippen LogP contribution in [0.25, 0.3) is 0 Å². The predicted octanol–water partition coefficient (Wildman–Crippen LogP) is -1.58. The van der Waals surface area contributed by atoms with Crippen LogP contribution in [-0.4, -0.2) is 40.1 Å². The molecule has 4 N–H and O–H groups in total. The molecule has 0 saturated heterocycles. The van der Waals surface area contributed by atoms with E-state index in [-0.39, 0.29) is 0 Å². The quantitative estimate of drug-likeness (QED) is 0.515. The van der Waals surface area contributed by atoms with Gasteiger partial charge in [-0.3, -0.25) is 14.6 Å². The normalized spacial score (nSPS) is 11.2. The number of aromatic nitrogens is 2. The Morgan fingerprint density at radius 3 is 2.65 bits per heavy atom. The zero-order valence-electron chi connectivity index (χ0n) is 8.42. The maximum Gasteiger partial charge on any atom is 0.325 e. The zero-order chi connectivity index (χ0) is 13.1. The van der Waals surface area contributed by atoms with Crippen molar-refractivity contribution in [2.75, 3.05) is 13.2 Å². The molecule has 0 unspecified atom stereocenters. The van der Waals surface area contributed by atoms with Crippen LogP contribution in [0.2, 0.25) is 0 Å². The van der Waals surface area contributed by atoms with Gasteiger partial charge in [-0.25, -0.2) is 13.6 Å². The lowest BCUT2D eigenvalue weighted by atomic mass is 10.3. The molecule has 0 bridgehead atoms. The SMILES string of the molecule is O=C(NCC(F)(F)CO)c1c[nH]c(=O)[nH]c1=O. The molecule has 17 heavy (non-hydrogen) atoms. The van der Waals surface area contributed by atoms with E-state index >= 15 is 0 Å². The Kier molecular flexibility index (Phi) is 3.73. The van der Waals surface area contributed by atoms with E-state index in [1.54, 1.807) is 10.3 Å². The van der Waals surface area contributed by atoms with Crippen molar-refractivity contribution in [3.8, 4) is 0 Å². The molecule has 0 fully saturated rings. The number of nitrogens with one attached hydrogen (secondary N) is 3. The summed E-state index contributed by atoms with van der Waals surface area (Å²) < 4.78 is 25.2. The lowest BCUT2D eigenvalue weighted by Gasteiger charge is -2.13. The first kappa shape index (κ1) is 13.0. The highest BCUT2D eigenvalue weighted by Gasteiger charge is 2.28. The number of alkyl halides is 2. The molecule has 0 radical (unpaired) electrons. The minimum Gasteiger partial charge on any atom is -0.390 e. The molecular formula is C8H9F2N3O4. The van der Waals surface area contributed by atoms with Gasteiger partial charge in [-0.05, 0) is 0 Å². The first-order valence-electron chi connectivity index (χ1n) is 4.44. The lowest BCUT2D eigenvalue weighted by molar-refractivity contribution is -0.0462. The fourth-order valence-electron chi connectivity index (χ4n) is 0.939. The number of rotatable bonds is 4. The Balaban J connectivity index is 2.78. The molecule has 9 heteroatoms. The van der Waals surface area contributed by atoms with Crippen LogP contribution in [-0.2, 0) is 0 Å². The zero-order valence-corrected chi connectivity index (χ0v) is 8.42. The number of carbonyl (C=O) groups excluding carboxylic acids is 1. The summed E-state index contributed by atoms with van der Waals surface area (Å²) in [5.74, 6) is -4.54. The van der Waals surface area contributed by atoms with Crippen LogP contribution in [0.15, 0.2) is 15.8 Å². The number of aliphatic hydroxyl groups is 1. The molecule has 94 valence electrons. The molecule has 7 nitrogen and oxygen atoms in total. The Morgan fingerprint density at radius 1 is 1.47 bits per heavy atom. The average molecular weight is 249 g/mol. The van der Waals surface area contributed by atoms with Gasteiger partial charge in [-0.15, -0.1) is 0 Å². The summed E-state index contributed by atoms with van der Waals surface area (Å²) in [6.45, 7) is -2.53. The number of aromatic amines is 2. The topological polar surface area (TPSA) is 115 Å². The molecule has 0 aliphatic carbocycles. The van der Waals surface area contributed by atoms with Crippen molar-refractivity contribution in [2.24, 2.45) is 0 Å². The average Bonchev–Trinajstić information content (AvgIpc) is 2.26. The lowest BCUT2D eigenvalue weighted by Crippen LogP contribution is -2.41. The summed E-state index contributed by atoms with van der Waals surface area (Å²) in [7, 11) is 0. The Morgan fingerprint density at radius 2 is 2.12 bits per heavy atom. The van der Waals surface area contributed by atoms with Crippen molar-refractivity contribution in [2.45, 2.75) is 5.92 Å². The monoisotopic (exact) mass is 249 g/mol. The van der Waals surface area contributed by atoms with Gasteiger partial charge in [0.1, 0.15) is 12.2 Å². The number of halogens is 2. The second-order valence-electron chi connectivity index (χ2n) is 3.18. The Hall–Kier alpha value is -2.03. The molecule has 0 aliphatic rings. The highest BCUT2D eigenvalue weighted by atomic mass is 19.3. The number of aliphatic hydroxyl groups excluding tert-OH is 1. The van der Waals surface area contributed by atoms with Gasteiger partial charge in [0.2, 0.25) is 0 Å². The summed E-state index contributed by atoms with van der Waals surface area (Å²) in [6, 6.07) is 0. The van der Waals surface area contributed by atoms with Gasteiger partial charge < -0.3 is 15.4 Å². The molecule has 0 saturated carbocycles. The van der Waals surface area contributed by atoms with Crippen LogP contribution < -0.4 is 16.6 Å². The molecule has 1 amide bonds. The van der Waals surface area contributed by atoms with Crippen LogP contribution in [0.4, 0.5) is 8.78 Å². The van der Waals surface area contributed by atoms with E-state index in [4.69, 9.17) is 5.11 Å². The fourth-order valence-corrected chi connectivity index (χ4v) is 0.939. The summed E-state index contributed by atoms with van der Waals surface area (Å²) >= 11 is 0. The van der Waals surface area contributed by atoms with Gasteiger partial charge in [0.05, 0.1) is 6.54 Å². The van der Waals surface area contributed by atoms with Crippen molar-refractivity contribution in [3.05, 3.63) is 32.6 Å². The first-order chi connectivity index (χ1) is 7.85. The van der Waals surface area contributed by atoms with Crippen LogP contribution in [0, 0.1) is 0 Å². The van der Waals surface area contributed by atoms with Gasteiger partial charge in [0.25, 0.3) is 17.4 Å². The fraction of sp³-hybridized carbons (Fsp3) is 0.375. The third-order valence-corrected chi connectivity index (χ3v) is 1.80. The molecule has 1 aromatic rings. The van der Waals surface area contributed by atoms with Crippen LogP contribution >= 0.6 is 0 Å². The molecule has 0 spiro atoms. The summed E-state index contributed by atoms with van der Waals surface area (Å²) in [5, 5.41) is 10.0. The van der Waals surface area contributed by atoms with E-state index in [9.17, 15) is 23.2 Å². The van der Waals surface area contributed by atoms with Crippen molar-refractivity contribution in [3.63, 3.8) is 0 Å². The summed E-state index contributed by atoms with van der Waals surface area (Å²) in [6.07, 6.45) is 0.813. The van der Waals surface area contributed by atoms with Gasteiger partial charge >= 0.3 is 5.69 Å². The van der Waals surface area contributed by atoms with Crippen LogP contribution in [0.3, 0.4) is 0 Å². The Labute approximate surface area is 92.5 Å². The minimum absolute atomic E-state index is 0.502. The number of carbonyl (C=O) groups is 1. The summed E-state index contributed by atoms with van der Waals surface area (Å²) in [5.41, 5.74) is -2.30. The van der Waals surface area contributed by atoms with Crippen LogP contribution in [0.1, 0.15) is 10.4 Å². The van der Waals surface area contributed by atoms with Gasteiger partial charge in [-0.1, -0.05) is 0 Å². The van der Waals surface area contributed by atoms with Crippen molar-refractivity contribution < 1.29 is 18.7 Å². The third-order valence-electron chi connectivity index (χ3n) is 1.80. The largest absolute Gasteiger partial charge is 0.390 e. The molecule has 1 heterocycles. The van der Waals surface area contributed by atoms with Crippen molar-refractivity contribution in [1.29, 1.82) is 0 Å². The van der Waals surface area contributed by atoms with E-state index in [2.05, 4.69) is 0 Å². The number of H-pyrrole nitrogens is 2. The van der Waals surface area contributed by atoms with Crippen LogP contribution in [0.5, 0.6) is 0 Å².